The van der Waals surface area contributed by atoms with Gasteiger partial charge in [-0.15, -0.1) is 0 Å². The Balaban J connectivity index is 1.46. The molecule has 0 saturated heterocycles. The van der Waals surface area contributed by atoms with Gasteiger partial charge in [0.05, 0.1) is 24.4 Å². The fraction of sp³-hybridized carbons (Fsp3) is 0.0645. The Kier molecular flexibility index (Phi) is 8.43. The van der Waals surface area contributed by atoms with Crippen LogP contribution in [0.1, 0.15) is 32.0 Å². The van der Waals surface area contributed by atoms with Gasteiger partial charge in [-0.2, -0.15) is 18.3 Å². The number of carbonyl (C=O) groups is 2. The molecule has 0 bridgehead atoms. The number of nitrogens with zero attached hydrogens (tertiary/aromatic N) is 1. The topological polar surface area (TPSA) is 92.8 Å². The maximum atomic E-state index is 13.8. The molecule has 5 aromatic rings. The molecule has 1 amide bonds. The van der Waals surface area contributed by atoms with E-state index in [1.165, 1.54) is 43.7 Å². The summed E-state index contributed by atoms with van der Waals surface area (Å²) >= 11 is 12.4. The number of H-pyrrole nitrogens is 1. The Morgan fingerprint density at radius 3 is 2.42 bits per heavy atom. The Morgan fingerprint density at radius 2 is 1.67 bits per heavy atom. The van der Waals surface area contributed by atoms with Gasteiger partial charge in [0, 0.05) is 32.1 Å². The van der Waals surface area contributed by atoms with Crippen LogP contribution in [0, 0.1) is 0 Å². The fourth-order valence-electron chi connectivity index (χ4n) is 4.46. The highest BCUT2D eigenvalue weighted by Crippen LogP contribution is 2.41. The summed E-state index contributed by atoms with van der Waals surface area (Å²) in [4.78, 5) is 28.8. The quantitative estimate of drug-likeness (QED) is 0.0826. The van der Waals surface area contributed by atoms with Crippen molar-refractivity contribution in [3.63, 3.8) is 0 Å². The molecular weight excluding hydrogens is 606 g/mol. The zero-order chi connectivity index (χ0) is 30.7. The van der Waals surface area contributed by atoms with Crippen LogP contribution in [0.5, 0.6) is 11.5 Å². The Hall–Kier alpha value is -4.80. The van der Waals surface area contributed by atoms with Crippen molar-refractivity contribution in [1.82, 2.24) is 10.4 Å². The second-order valence-corrected chi connectivity index (χ2v) is 9.90. The van der Waals surface area contributed by atoms with Crippen molar-refractivity contribution >= 4 is 52.2 Å². The molecule has 0 radical (unpaired) electrons. The maximum Gasteiger partial charge on any atom is 0.418 e. The average molecular weight is 626 g/mol. The maximum absolute atomic E-state index is 13.8. The summed E-state index contributed by atoms with van der Waals surface area (Å²) in [6.07, 6.45) is -3.45. The number of aromatic amines is 1. The third kappa shape index (κ3) is 6.20. The number of para-hydroxylation sites is 2. The van der Waals surface area contributed by atoms with Crippen LogP contribution >= 0.6 is 23.2 Å². The number of aromatic nitrogens is 1. The van der Waals surface area contributed by atoms with E-state index >= 15 is 0 Å². The third-order valence-corrected chi connectivity index (χ3v) is 6.95. The first-order chi connectivity index (χ1) is 20.6. The number of carbonyl (C=O) groups excluding carboxylic acids is 2. The highest BCUT2D eigenvalue weighted by Gasteiger charge is 2.35. The smallest absolute Gasteiger partial charge is 0.418 e. The van der Waals surface area contributed by atoms with Gasteiger partial charge < -0.3 is 14.5 Å². The Morgan fingerprint density at radius 1 is 0.930 bits per heavy atom. The van der Waals surface area contributed by atoms with Gasteiger partial charge >= 0.3 is 12.1 Å². The molecule has 2 N–H and O–H groups in total. The summed E-state index contributed by atoms with van der Waals surface area (Å²) in [7, 11) is 1.40. The number of fused-ring (bicyclic) bond motifs is 1. The minimum atomic E-state index is -4.68. The van der Waals surface area contributed by atoms with Crippen LogP contribution < -0.4 is 14.9 Å². The predicted octanol–water partition coefficient (Wildman–Crippen LogP) is 8.15. The standard InChI is InChI=1S/C31H20Cl2F3N3O4/c1-42-25-14-13-18(32)15-21(25)30(41)43-24-12-5-2-7-17(24)16-37-39-29(40)28-26(19-8-3-4-11-23(19)33)20-9-6-10-22(27(20)38-28)31(34,35)36/h2-16,38H,1H3,(H,39,40). The van der Waals surface area contributed by atoms with Gasteiger partial charge in [0.25, 0.3) is 5.91 Å². The summed E-state index contributed by atoms with van der Waals surface area (Å²) in [6.45, 7) is 0. The SMILES string of the molecule is COc1ccc(Cl)cc1C(=O)Oc1ccccc1C=NNC(=O)c1[nH]c2c(C(F)(F)F)cccc2c1-c1ccccc1Cl. The van der Waals surface area contributed by atoms with E-state index in [2.05, 4.69) is 15.5 Å². The van der Waals surface area contributed by atoms with Gasteiger partial charge in [0.2, 0.25) is 0 Å². The second-order valence-electron chi connectivity index (χ2n) is 9.05. The zero-order valence-corrected chi connectivity index (χ0v) is 23.6. The largest absolute Gasteiger partial charge is 0.496 e. The van der Waals surface area contributed by atoms with Crippen LogP contribution in [-0.2, 0) is 6.18 Å². The predicted molar refractivity (Wildman–Crippen MR) is 158 cm³/mol. The van der Waals surface area contributed by atoms with Gasteiger partial charge in [-0.25, -0.2) is 10.2 Å². The van der Waals surface area contributed by atoms with Crippen molar-refractivity contribution in [3.8, 4) is 22.6 Å². The van der Waals surface area contributed by atoms with Crippen molar-refractivity contribution in [1.29, 1.82) is 0 Å². The highest BCUT2D eigenvalue weighted by molar-refractivity contribution is 6.34. The molecule has 7 nitrogen and oxygen atoms in total. The number of hydrogen-bond acceptors (Lipinski definition) is 5. The van der Waals surface area contributed by atoms with Crippen LogP contribution in [0.15, 0.2) is 90.0 Å². The Labute approximate surface area is 252 Å². The minimum absolute atomic E-state index is 0.0965. The van der Waals surface area contributed by atoms with E-state index in [0.717, 1.165) is 6.07 Å². The molecular formula is C31H20Cl2F3N3O4. The number of esters is 1. The number of rotatable bonds is 7. The van der Waals surface area contributed by atoms with E-state index in [4.69, 9.17) is 32.7 Å². The number of amides is 1. The molecule has 0 aliphatic heterocycles. The van der Waals surface area contributed by atoms with Crippen molar-refractivity contribution in [2.75, 3.05) is 7.11 Å². The molecule has 4 aromatic carbocycles. The van der Waals surface area contributed by atoms with Gasteiger partial charge in [-0.05, 0) is 42.5 Å². The number of hydrogen-bond donors (Lipinski definition) is 2. The second kappa shape index (κ2) is 12.2. The van der Waals surface area contributed by atoms with Crippen LogP contribution in [0.4, 0.5) is 13.2 Å². The number of methoxy groups -OCH3 is 1. The van der Waals surface area contributed by atoms with Gasteiger partial charge in [-0.1, -0.05) is 65.7 Å². The normalized spacial score (nSPS) is 11.6. The lowest BCUT2D eigenvalue weighted by Gasteiger charge is -2.10. The molecule has 5 rings (SSSR count). The van der Waals surface area contributed by atoms with Gasteiger partial charge in [0.15, 0.2) is 0 Å². The summed E-state index contributed by atoms with van der Waals surface area (Å²) in [5, 5.41) is 4.67. The summed E-state index contributed by atoms with van der Waals surface area (Å²) in [6, 6.07) is 21.0. The first kappa shape index (κ1) is 29.7. The minimum Gasteiger partial charge on any atom is -0.496 e. The zero-order valence-electron chi connectivity index (χ0n) is 22.1. The number of halogens is 5. The lowest BCUT2D eigenvalue weighted by molar-refractivity contribution is -0.136. The molecule has 0 saturated carbocycles. The van der Waals surface area contributed by atoms with E-state index in [-0.39, 0.29) is 44.2 Å². The summed E-state index contributed by atoms with van der Waals surface area (Å²) < 4.78 is 52.2. The number of nitrogens with one attached hydrogen (secondary N) is 2. The molecule has 1 aromatic heterocycles. The van der Waals surface area contributed by atoms with Gasteiger partial charge in [-0.3, -0.25) is 4.79 Å². The monoisotopic (exact) mass is 625 g/mol. The van der Waals surface area contributed by atoms with Crippen LogP contribution in [-0.4, -0.2) is 30.2 Å². The third-order valence-electron chi connectivity index (χ3n) is 6.38. The summed E-state index contributed by atoms with van der Waals surface area (Å²) in [5.41, 5.74) is 1.91. The van der Waals surface area contributed by atoms with Gasteiger partial charge in [0.1, 0.15) is 22.8 Å². The first-order valence-corrected chi connectivity index (χ1v) is 13.3. The molecule has 1 heterocycles. The van der Waals surface area contributed by atoms with E-state index < -0.39 is 23.6 Å². The van der Waals surface area contributed by atoms with E-state index in [1.54, 1.807) is 48.5 Å². The summed E-state index contributed by atoms with van der Waals surface area (Å²) in [5.74, 6) is -1.19. The molecule has 0 aliphatic rings. The lowest BCUT2D eigenvalue weighted by atomic mass is 10.00. The van der Waals surface area contributed by atoms with Crippen molar-refractivity contribution in [2.24, 2.45) is 5.10 Å². The van der Waals surface area contributed by atoms with Crippen molar-refractivity contribution in [3.05, 3.63) is 117 Å². The van der Waals surface area contributed by atoms with E-state index in [0.29, 0.717) is 16.1 Å². The molecule has 0 spiro atoms. The molecule has 0 fully saturated rings. The van der Waals surface area contributed by atoms with Crippen LogP contribution in [0.3, 0.4) is 0 Å². The molecule has 12 heteroatoms. The van der Waals surface area contributed by atoms with Crippen LogP contribution in [0.2, 0.25) is 10.0 Å². The number of benzene rings is 4. The van der Waals surface area contributed by atoms with Crippen molar-refractivity contribution in [2.45, 2.75) is 6.18 Å². The van der Waals surface area contributed by atoms with E-state index in [9.17, 15) is 22.8 Å². The molecule has 0 atom stereocenters. The Bertz CT molecular complexity index is 1890. The molecule has 43 heavy (non-hydrogen) atoms. The fourth-order valence-corrected chi connectivity index (χ4v) is 4.86. The average Bonchev–Trinajstić information content (AvgIpc) is 3.37. The number of hydrazone groups is 1. The van der Waals surface area contributed by atoms with Crippen molar-refractivity contribution < 1.29 is 32.2 Å². The number of alkyl halides is 3. The molecule has 218 valence electrons. The van der Waals surface area contributed by atoms with Crippen LogP contribution in [0.25, 0.3) is 22.0 Å². The van der Waals surface area contributed by atoms with E-state index in [1.807, 2.05) is 0 Å². The lowest BCUT2D eigenvalue weighted by Crippen LogP contribution is -2.19. The first-order valence-electron chi connectivity index (χ1n) is 12.5. The molecule has 0 aliphatic carbocycles. The highest BCUT2D eigenvalue weighted by atomic mass is 35.5. The molecule has 0 unspecified atom stereocenters. The number of ether oxygens (including phenoxy) is 2.